The summed E-state index contributed by atoms with van der Waals surface area (Å²) in [4.78, 5) is 21.2. The lowest BCUT2D eigenvalue weighted by atomic mass is 10.1. The van der Waals surface area contributed by atoms with Gasteiger partial charge in [0.2, 0.25) is 0 Å². The van der Waals surface area contributed by atoms with Gasteiger partial charge in [0.15, 0.2) is 0 Å². The summed E-state index contributed by atoms with van der Waals surface area (Å²) < 4.78 is 11.1. The van der Waals surface area contributed by atoms with Crippen molar-refractivity contribution < 1.29 is 13.9 Å². The number of rotatable bonds is 4. The highest BCUT2D eigenvalue weighted by Crippen LogP contribution is 2.23. The predicted octanol–water partition coefficient (Wildman–Crippen LogP) is 2.09. The molecule has 6 heteroatoms. The molecule has 0 radical (unpaired) electrons. The van der Waals surface area contributed by atoms with E-state index in [4.69, 9.17) is 9.15 Å². The Balaban J connectivity index is 1.43. The number of oxazole rings is 1. The number of fused-ring (bicyclic) bond motifs is 1. The second-order valence-corrected chi connectivity index (χ2v) is 6.73. The summed E-state index contributed by atoms with van der Waals surface area (Å²) in [6, 6.07) is 10.4. The summed E-state index contributed by atoms with van der Waals surface area (Å²) >= 11 is 0. The summed E-state index contributed by atoms with van der Waals surface area (Å²) in [7, 11) is 1.68. The van der Waals surface area contributed by atoms with Gasteiger partial charge < -0.3 is 14.1 Å². The molecule has 25 heavy (non-hydrogen) atoms. The SMILES string of the molecule is CO[C@H]1CCN(C(=O)c2nc3c(o2)CCN(Cc2ccccc2)C3)C1. The van der Waals surface area contributed by atoms with E-state index in [2.05, 4.69) is 34.1 Å². The molecule has 0 spiro atoms. The third kappa shape index (κ3) is 3.45. The highest BCUT2D eigenvalue weighted by Gasteiger charge is 2.31. The maximum Gasteiger partial charge on any atom is 0.309 e. The van der Waals surface area contributed by atoms with Crippen LogP contribution in [-0.2, 0) is 24.2 Å². The number of hydrogen-bond donors (Lipinski definition) is 0. The zero-order chi connectivity index (χ0) is 17.2. The van der Waals surface area contributed by atoms with Crippen LogP contribution in [0.15, 0.2) is 34.7 Å². The van der Waals surface area contributed by atoms with Gasteiger partial charge in [0, 0.05) is 46.3 Å². The highest BCUT2D eigenvalue weighted by molar-refractivity contribution is 5.90. The Labute approximate surface area is 147 Å². The molecule has 1 aromatic heterocycles. The minimum atomic E-state index is -0.122. The second-order valence-electron chi connectivity index (χ2n) is 6.73. The van der Waals surface area contributed by atoms with E-state index in [0.29, 0.717) is 13.1 Å². The van der Waals surface area contributed by atoms with Crippen molar-refractivity contribution >= 4 is 5.91 Å². The first-order valence-electron chi connectivity index (χ1n) is 8.80. The molecule has 0 aliphatic carbocycles. The van der Waals surface area contributed by atoms with Crippen molar-refractivity contribution in [3.8, 4) is 0 Å². The standard InChI is InChI=1S/C19H23N3O3/c1-24-15-7-10-22(12-15)19(23)18-20-16-13-21(9-8-17(16)25-18)11-14-5-3-2-4-6-14/h2-6,15H,7-13H2,1H3/t15-/m0/s1. The van der Waals surface area contributed by atoms with E-state index >= 15 is 0 Å². The summed E-state index contributed by atoms with van der Waals surface area (Å²) in [6.07, 6.45) is 1.78. The highest BCUT2D eigenvalue weighted by atomic mass is 16.5. The van der Waals surface area contributed by atoms with Gasteiger partial charge in [0.1, 0.15) is 5.76 Å². The average molecular weight is 341 g/mol. The Morgan fingerprint density at radius 1 is 1.32 bits per heavy atom. The minimum Gasteiger partial charge on any atom is -0.437 e. The molecule has 0 saturated carbocycles. The molecule has 0 bridgehead atoms. The number of aromatic nitrogens is 1. The van der Waals surface area contributed by atoms with Crippen molar-refractivity contribution in [2.75, 3.05) is 26.7 Å². The van der Waals surface area contributed by atoms with Gasteiger partial charge in [-0.3, -0.25) is 9.69 Å². The van der Waals surface area contributed by atoms with Gasteiger partial charge in [0.05, 0.1) is 11.8 Å². The van der Waals surface area contributed by atoms with Gasteiger partial charge >= 0.3 is 5.91 Å². The number of amides is 1. The van der Waals surface area contributed by atoms with Gasteiger partial charge in [-0.05, 0) is 12.0 Å². The molecule has 3 heterocycles. The lowest BCUT2D eigenvalue weighted by Crippen LogP contribution is -2.30. The molecule has 2 aliphatic heterocycles. The smallest absolute Gasteiger partial charge is 0.309 e. The van der Waals surface area contributed by atoms with Crippen molar-refractivity contribution in [3.05, 3.63) is 53.2 Å². The van der Waals surface area contributed by atoms with Gasteiger partial charge in [0.25, 0.3) is 5.89 Å². The van der Waals surface area contributed by atoms with Crippen LogP contribution in [0.1, 0.15) is 34.1 Å². The molecule has 2 aliphatic rings. The largest absolute Gasteiger partial charge is 0.437 e. The van der Waals surface area contributed by atoms with Crippen LogP contribution in [0.2, 0.25) is 0 Å². The average Bonchev–Trinajstić information content (AvgIpc) is 3.28. The van der Waals surface area contributed by atoms with Crippen LogP contribution < -0.4 is 0 Å². The number of benzene rings is 1. The Hall–Kier alpha value is -2.18. The first kappa shape index (κ1) is 16.3. The molecule has 1 fully saturated rings. The number of carbonyl (C=O) groups excluding carboxylic acids is 1. The molecule has 4 rings (SSSR count). The molecular weight excluding hydrogens is 318 g/mol. The molecule has 0 N–H and O–H groups in total. The number of hydrogen-bond acceptors (Lipinski definition) is 5. The van der Waals surface area contributed by atoms with E-state index < -0.39 is 0 Å². The second kappa shape index (κ2) is 6.98. The lowest BCUT2D eigenvalue weighted by molar-refractivity contribution is 0.0687. The molecule has 0 unspecified atom stereocenters. The number of nitrogens with zero attached hydrogens (tertiary/aromatic N) is 3. The Morgan fingerprint density at radius 2 is 2.16 bits per heavy atom. The van der Waals surface area contributed by atoms with Gasteiger partial charge in [-0.1, -0.05) is 30.3 Å². The number of ether oxygens (including phenoxy) is 1. The van der Waals surface area contributed by atoms with E-state index in [1.165, 1.54) is 5.56 Å². The molecular formula is C19H23N3O3. The topological polar surface area (TPSA) is 58.8 Å². The normalized spacial score (nSPS) is 20.7. The summed E-state index contributed by atoms with van der Waals surface area (Å²) in [5.41, 5.74) is 2.18. The third-order valence-corrected chi connectivity index (χ3v) is 5.00. The fourth-order valence-electron chi connectivity index (χ4n) is 3.56. The molecule has 1 aromatic carbocycles. The Bertz CT molecular complexity index is 744. The fourth-order valence-corrected chi connectivity index (χ4v) is 3.56. The number of methoxy groups -OCH3 is 1. The third-order valence-electron chi connectivity index (χ3n) is 5.00. The molecule has 1 saturated heterocycles. The van der Waals surface area contributed by atoms with Crippen LogP contribution >= 0.6 is 0 Å². The number of likely N-dealkylation sites (tertiary alicyclic amines) is 1. The first-order chi connectivity index (χ1) is 12.2. The van der Waals surface area contributed by atoms with Gasteiger partial charge in [-0.2, -0.15) is 0 Å². The quantitative estimate of drug-likeness (QED) is 0.852. The van der Waals surface area contributed by atoms with Crippen molar-refractivity contribution in [1.82, 2.24) is 14.8 Å². The maximum absolute atomic E-state index is 12.6. The van der Waals surface area contributed by atoms with Crippen LogP contribution in [0.25, 0.3) is 0 Å². The fraction of sp³-hybridized carbons (Fsp3) is 0.474. The minimum absolute atomic E-state index is 0.120. The van der Waals surface area contributed by atoms with Crippen LogP contribution in [0.5, 0.6) is 0 Å². The Morgan fingerprint density at radius 3 is 2.92 bits per heavy atom. The van der Waals surface area contributed by atoms with Crippen LogP contribution in [0.4, 0.5) is 0 Å². The van der Waals surface area contributed by atoms with E-state index in [1.54, 1.807) is 12.0 Å². The molecule has 2 aromatic rings. The first-order valence-corrected chi connectivity index (χ1v) is 8.80. The van der Waals surface area contributed by atoms with E-state index in [-0.39, 0.29) is 17.9 Å². The maximum atomic E-state index is 12.6. The zero-order valence-corrected chi connectivity index (χ0v) is 14.5. The van der Waals surface area contributed by atoms with Crippen molar-refractivity contribution in [1.29, 1.82) is 0 Å². The van der Waals surface area contributed by atoms with Crippen molar-refractivity contribution in [3.63, 3.8) is 0 Å². The van der Waals surface area contributed by atoms with E-state index in [1.807, 2.05) is 6.07 Å². The number of carbonyl (C=O) groups is 1. The monoisotopic (exact) mass is 341 g/mol. The summed E-state index contributed by atoms with van der Waals surface area (Å²) in [6.45, 7) is 3.84. The molecule has 6 nitrogen and oxygen atoms in total. The zero-order valence-electron chi connectivity index (χ0n) is 14.5. The molecule has 132 valence electrons. The van der Waals surface area contributed by atoms with Crippen molar-refractivity contribution in [2.24, 2.45) is 0 Å². The van der Waals surface area contributed by atoms with Crippen molar-refractivity contribution in [2.45, 2.75) is 32.0 Å². The van der Waals surface area contributed by atoms with Gasteiger partial charge in [-0.25, -0.2) is 4.98 Å². The van der Waals surface area contributed by atoms with Gasteiger partial charge in [-0.15, -0.1) is 0 Å². The molecule has 1 atom stereocenters. The van der Waals surface area contributed by atoms with E-state index in [9.17, 15) is 4.79 Å². The summed E-state index contributed by atoms with van der Waals surface area (Å²) in [5.74, 6) is 0.960. The summed E-state index contributed by atoms with van der Waals surface area (Å²) in [5, 5.41) is 0. The molecule has 1 amide bonds. The Kier molecular flexibility index (Phi) is 4.55. The lowest BCUT2D eigenvalue weighted by Gasteiger charge is -2.24. The van der Waals surface area contributed by atoms with E-state index in [0.717, 1.165) is 43.9 Å². The van der Waals surface area contributed by atoms with Crippen LogP contribution in [-0.4, -0.2) is 53.5 Å². The predicted molar refractivity (Wildman–Crippen MR) is 92.1 cm³/mol. The van der Waals surface area contributed by atoms with Crippen LogP contribution in [0.3, 0.4) is 0 Å². The van der Waals surface area contributed by atoms with Crippen LogP contribution in [0, 0.1) is 0 Å².